The van der Waals surface area contributed by atoms with E-state index in [9.17, 15) is 15.0 Å². The summed E-state index contributed by atoms with van der Waals surface area (Å²) in [5, 5.41) is 27.2. The molecule has 1 aliphatic heterocycles. The molecule has 31 heavy (non-hydrogen) atoms. The number of phenols is 2. The standard InChI is InChI=1S/C24H22N2O5/c1-12-21-22(14-5-8-18(27)19(28)10-14)23-17(25-24(21)31-26-12)9-15(11-20(23)29)13-3-6-16(30-2)7-4-13/h3-8,10,15,22,25,27-28H,9,11H2,1-2H3/t15-,22-/m0/s1. The summed E-state index contributed by atoms with van der Waals surface area (Å²) >= 11 is 0. The van der Waals surface area contributed by atoms with Crippen LogP contribution in [0.5, 0.6) is 17.2 Å². The van der Waals surface area contributed by atoms with E-state index in [-0.39, 0.29) is 23.2 Å². The van der Waals surface area contributed by atoms with Crippen molar-refractivity contribution in [3.63, 3.8) is 0 Å². The van der Waals surface area contributed by atoms with Crippen molar-refractivity contribution in [1.82, 2.24) is 5.16 Å². The lowest BCUT2D eigenvalue weighted by atomic mass is 9.72. The van der Waals surface area contributed by atoms with Crippen LogP contribution in [0.2, 0.25) is 0 Å². The summed E-state index contributed by atoms with van der Waals surface area (Å²) in [6.07, 6.45) is 1.03. The number of nitrogens with one attached hydrogen (secondary N) is 1. The smallest absolute Gasteiger partial charge is 0.233 e. The molecule has 0 amide bonds. The number of allylic oxidation sites excluding steroid dienone is 2. The van der Waals surface area contributed by atoms with Gasteiger partial charge in [0.15, 0.2) is 17.3 Å². The number of hydrogen-bond acceptors (Lipinski definition) is 7. The zero-order chi connectivity index (χ0) is 21.7. The molecule has 0 saturated heterocycles. The van der Waals surface area contributed by atoms with Crippen molar-refractivity contribution in [2.75, 3.05) is 12.4 Å². The third-order valence-electron chi connectivity index (χ3n) is 6.18. The number of phenolic OH excluding ortho intramolecular Hbond substituents is 2. The van der Waals surface area contributed by atoms with Crippen molar-refractivity contribution in [1.29, 1.82) is 0 Å². The van der Waals surface area contributed by atoms with E-state index in [1.807, 2.05) is 31.2 Å². The first kappa shape index (κ1) is 19.2. The molecule has 0 fully saturated rings. The summed E-state index contributed by atoms with van der Waals surface area (Å²) in [5.41, 5.74) is 4.69. The van der Waals surface area contributed by atoms with E-state index in [0.717, 1.165) is 22.6 Å². The second-order valence-electron chi connectivity index (χ2n) is 8.01. The molecule has 0 radical (unpaired) electrons. The molecule has 2 heterocycles. The number of carbonyl (C=O) groups is 1. The van der Waals surface area contributed by atoms with Gasteiger partial charge in [0.25, 0.3) is 0 Å². The molecule has 0 unspecified atom stereocenters. The molecule has 1 aliphatic carbocycles. The minimum absolute atomic E-state index is 0.0316. The van der Waals surface area contributed by atoms with E-state index in [1.165, 1.54) is 12.1 Å². The van der Waals surface area contributed by atoms with Crippen LogP contribution in [0.15, 0.2) is 58.3 Å². The van der Waals surface area contributed by atoms with Crippen molar-refractivity contribution >= 4 is 11.7 Å². The van der Waals surface area contributed by atoms with Gasteiger partial charge in [-0.2, -0.15) is 0 Å². The first-order chi connectivity index (χ1) is 15.0. The molecule has 7 nitrogen and oxygen atoms in total. The third kappa shape index (κ3) is 3.13. The van der Waals surface area contributed by atoms with E-state index >= 15 is 0 Å². The van der Waals surface area contributed by atoms with Crippen LogP contribution in [0, 0.1) is 6.92 Å². The number of rotatable bonds is 3. The van der Waals surface area contributed by atoms with Crippen LogP contribution in [0.25, 0.3) is 0 Å². The molecule has 0 spiro atoms. The second-order valence-corrected chi connectivity index (χ2v) is 8.01. The van der Waals surface area contributed by atoms with Gasteiger partial charge in [-0.15, -0.1) is 0 Å². The fraction of sp³-hybridized carbons (Fsp3) is 0.250. The molecule has 3 aromatic rings. The zero-order valence-corrected chi connectivity index (χ0v) is 17.2. The molecular formula is C24H22N2O5. The maximum atomic E-state index is 13.4. The number of nitrogens with zero attached hydrogens (tertiary/aromatic N) is 1. The number of aryl methyl sites for hydroxylation is 1. The fourth-order valence-electron chi connectivity index (χ4n) is 4.64. The summed E-state index contributed by atoms with van der Waals surface area (Å²) in [5.74, 6) is 0.500. The highest BCUT2D eigenvalue weighted by atomic mass is 16.5. The number of aromatic nitrogens is 1. The summed E-state index contributed by atoms with van der Waals surface area (Å²) in [6.45, 7) is 1.83. The number of anilines is 1. The van der Waals surface area contributed by atoms with Gasteiger partial charge in [0, 0.05) is 23.6 Å². The van der Waals surface area contributed by atoms with E-state index in [4.69, 9.17) is 9.26 Å². The maximum absolute atomic E-state index is 13.4. The van der Waals surface area contributed by atoms with Gasteiger partial charge in [0.1, 0.15) is 5.75 Å². The number of carbonyl (C=O) groups excluding carboxylic acids is 1. The highest BCUT2D eigenvalue weighted by Crippen LogP contribution is 2.49. The molecule has 2 atom stereocenters. The monoisotopic (exact) mass is 418 g/mol. The quantitative estimate of drug-likeness (QED) is 0.543. The largest absolute Gasteiger partial charge is 0.504 e. The normalized spacial score (nSPS) is 20.1. The molecular weight excluding hydrogens is 396 g/mol. The second kappa shape index (κ2) is 7.19. The minimum atomic E-state index is -0.423. The lowest BCUT2D eigenvalue weighted by molar-refractivity contribution is -0.116. The molecule has 0 bridgehead atoms. The summed E-state index contributed by atoms with van der Waals surface area (Å²) in [6, 6.07) is 12.4. The lowest BCUT2D eigenvalue weighted by Crippen LogP contribution is -2.29. The van der Waals surface area contributed by atoms with E-state index < -0.39 is 5.92 Å². The van der Waals surface area contributed by atoms with Crippen LogP contribution >= 0.6 is 0 Å². The highest BCUT2D eigenvalue weighted by Gasteiger charge is 2.41. The Kier molecular flexibility index (Phi) is 4.46. The van der Waals surface area contributed by atoms with Crippen molar-refractivity contribution < 1.29 is 24.3 Å². The van der Waals surface area contributed by atoms with Gasteiger partial charge < -0.3 is 24.8 Å². The number of methoxy groups -OCH3 is 1. The predicted molar refractivity (Wildman–Crippen MR) is 113 cm³/mol. The number of aromatic hydroxyl groups is 2. The Balaban J connectivity index is 1.59. The zero-order valence-electron chi connectivity index (χ0n) is 17.2. The molecule has 158 valence electrons. The summed E-state index contributed by atoms with van der Waals surface area (Å²) in [7, 11) is 1.63. The van der Waals surface area contributed by atoms with Crippen LogP contribution < -0.4 is 10.1 Å². The van der Waals surface area contributed by atoms with Gasteiger partial charge in [-0.05, 0) is 54.7 Å². The third-order valence-corrected chi connectivity index (χ3v) is 6.18. The van der Waals surface area contributed by atoms with Crippen LogP contribution in [-0.2, 0) is 4.79 Å². The number of ketones is 1. The van der Waals surface area contributed by atoms with Crippen molar-refractivity contribution in [3.8, 4) is 17.2 Å². The Labute approximate surface area is 179 Å². The Morgan fingerprint density at radius 3 is 2.52 bits per heavy atom. The number of fused-ring (bicyclic) bond motifs is 1. The average molecular weight is 418 g/mol. The van der Waals surface area contributed by atoms with E-state index in [2.05, 4.69) is 10.5 Å². The number of ether oxygens (including phenoxy) is 1. The Morgan fingerprint density at radius 1 is 1.06 bits per heavy atom. The lowest BCUT2D eigenvalue weighted by Gasteiger charge is -2.34. The van der Waals surface area contributed by atoms with Gasteiger partial charge >= 0.3 is 0 Å². The molecule has 2 aromatic carbocycles. The minimum Gasteiger partial charge on any atom is -0.504 e. The summed E-state index contributed by atoms with van der Waals surface area (Å²) in [4.78, 5) is 13.4. The van der Waals surface area contributed by atoms with E-state index in [1.54, 1.807) is 13.2 Å². The van der Waals surface area contributed by atoms with Gasteiger partial charge in [0.05, 0.1) is 18.4 Å². The molecule has 7 heteroatoms. The molecule has 2 aliphatic rings. The van der Waals surface area contributed by atoms with Crippen molar-refractivity contribution in [3.05, 3.63) is 76.1 Å². The van der Waals surface area contributed by atoms with Gasteiger partial charge in [0.2, 0.25) is 5.88 Å². The van der Waals surface area contributed by atoms with Gasteiger partial charge in [-0.1, -0.05) is 23.4 Å². The van der Waals surface area contributed by atoms with Crippen LogP contribution in [0.3, 0.4) is 0 Å². The van der Waals surface area contributed by atoms with Gasteiger partial charge in [-0.25, -0.2) is 0 Å². The molecule has 3 N–H and O–H groups in total. The van der Waals surface area contributed by atoms with Crippen molar-refractivity contribution in [2.45, 2.75) is 31.6 Å². The Bertz CT molecular complexity index is 1210. The summed E-state index contributed by atoms with van der Waals surface area (Å²) < 4.78 is 10.8. The fourth-order valence-corrected chi connectivity index (χ4v) is 4.64. The topological polar surface area (TPSA) is 105 Å². The van der Waals surface area contributed by atoms with Gasteiger partial charge in [-0.3, -0.25) is 4.79 Å². The molecule has 5 rings (SSSR count). The first-order valence-corrected chi connectivity index (χ1v) is 10.1. The highest BCUT2D eigenvalue weighted by molar-refractivity contribution is 6.01. The number of benzene rings is 2. The Morgan fingerprint density at radius 2 is 1.81 bits per heavy atom. The van der Waals surface area contributed by atoms with Crippen molar-refractivity contribution in [2.24, 2.45) is 0 Å². The molecule has 0 saturated carbocycles. The Hall–Kier alpha value is -3.74. The SMILES string of the molecule is COc1ccc([C@@H]2CC(=O)C3=C(C2)Nc2onc(C)c2[C@@H]3c2ccc(O)c(O)c2)cc1. The predicted octanol–water partition coefficient (Wildman–Crippen LogP) is 4.36. The van der Waals surface area contributed by atoms with Crippen LogP contribution in [0.4, 0.5) is 5.88 Å². The number of hydrogen-bond donors (Lipinski definition) is 3. The van der Waals surface area contributed by atoms with Crippen LogP contribution in [-0.4, -0.2) is 28.3 Å². The maximum Gasteiger partial charge on any atom is 0.233 e. The van der Waals surface area contributed by atoms with Crippen LogP contribution in [0.1, 0.15) is 47.1 Å². The number of Topliss-reactive ketones (excluding diaryl/α,β-unsaturated/α-hetero) is 1. The average Bonchev–Trinajstić information content (AvgIpc) is 3.14. The first-order valence-electron chi connectivity index (χ1n) is 10.1. The van der Waals surface area contributed by atoms with E-state index in [0.29, 0.717) is 35.6 Å². The molecule has 1 aromatic heterocycles.